The molecule has 4 nitrogen and oxygen atoms in total. The van der Waals surface area contributed by atoms with Crippen LogP contribution in [0.2, 0.25) is 5.02 Å². The number of hydrogen-bond donors (Lipinski definition) is 2. The number of phenolic OH excluding ortho intramolecular Hbond substituents is 1. The van der Waals surface area contributed by atoms with Crippen LogP contribution in [0.15, 0.2) is 36.4 Å². The van der Waals surface area contributed by atoms with E-state index in [4.69, 9.17) is 11.6 Å². The first kappa shape index (κ1) is 14.2. The minimum Gasteiger partial charge on any atom is -0.505 e. The van der Waals surface area contributed by atoms with Crippen molar-refractivity contribution in [2.24, 2.45) is 0 Å². The number of esters is 1. The molecule has 2 N–H and O–H groups in total. The molecule has 2 aromatic carbocycles. The summed E-state index contributed by atoms with van der Waals surface area (Å²) < 4.78 is 4.63. The fourth-order valence-corrected chi connectivity index (χ4v) is 1.99. The Hall–Kier alpha value is -2.20. The Bertz CT molecular complexity index is 656. The maximum Gasteiger partial charge on any atom is 0.337 e. The number of anilines is 2. The van der Waals surface area contributed by atoms with Gasteiger partial charge in [-0.2, -0.15) is 0 Å². The van der Waals surface area contributed by atoms with Crippen LogP contribution in [0.25, 0.3) is 0 Å². The van der Waals surface area contributed by atoms with E-state index in [1.165, 1.54) is 13.2 Å². The van der Waals surface area contributed by atoms with Gasteiger partial charge in [-0.15, -0.1) is 0 Å². The van der Waals surface area contributed by atoms with Gasteiger partial charge in [0.15, 0.2) is 0 Å². The van der Waals surface area contributed by atoms with Gasteiger partial charge in [0.1, 0.15) is 5.75 Å². The van der Waals surface area contributed by atoms with Crippen molar-refractivity contribution in [2.75, 3.05) is 12.4 Å². The van der Waals surface area contributed by atoms with Gasteiger partial charge in [-0.05, 0) is 36.8 Å². The summed E-state index contributed by atoms with van der Waals surface area (Å²) in [5.41, 5.74) is 2.28. The lowest BCUT2D eigenvalue weighted by Crippen LogP contribution is -2.01. The molecule has 0 fully saturated rings. The van der Waals surface area contributed by atoms with Crippen LogP contribution < -0.4 is 5.32 Å². The molecule has 0 aliphatic carbocycles. The molecule has 0 spiro atoms. The molecule has 0 aromatic heterocycles. The lowest BCUT2D eigenvalue weighted by molar-refractivity contribution is 0.0601. The van der Waals surface area contributed by atoms with Crippen LogP contribution in [0.3, 0.4) is 0 Å². The molecule has 104 valence electrons. The standard InChI is InChI=1S/C15H14ClNO3/c1-9-4-3-5-13(14(9)18)17-12-7-6-10(8-11(12)16)15(19)20-2/h3-8,17-18H,1-2H3. The van der Waals surface area contributed by atoms with Crippen molar-refractivity contribution in [1.82, 2.24) is 0 Å². The second-order valence-electron chi connectivity index (χ2n) is 4.28. The number of aryl methyl sites for hydroxylation is 1. The molecule has 0 amide bonds. The Morgan fingerprint density at radius 1 is 1.25 bits per heavy atom. The fourth-order valence-electron chi connectivity index (χ4n) is 1.77. The molecule has 20 heavy (non-hydrogen) atoms. The SMILES string of the molecule is COC(=O)c1ccc(Nc2cccc(C)c2O)c(Cl)c1. The van der Waals surface area contributed by atoms with Crippen molar-refractivity contribution < 1.29 is 14.6 Å². The summed E-state index contributed by atoms with van der Waals surface area (Å²) in [6.07, 6.45) is 0. The molecule has 2 rings (SSSR count). The zero-order valence-corrected chi connectivity index (χ0v) is 11.9. The zero-order valence-electron chi connectivity index (χ0n) is 11.1. The van der Waals surface area contributed by atoms with E-state index in [2.05, 4.69) is 10.1 Å². The summed E-state index contributed by atoms with van der Waals surface area (Å²) >= 11 is 6.12. The number of para-hydroxylation sites is 1. The number of nitrogens with one attached hydrogen (secondary N) is 1. The summed E-state index contributed by atoms with van der Waals surface area (Å²) in [5.74, 6) is -0.280. The number of aromatic hydroxyl groups is 1. The molecule has 0 aliphatic heterocycles. The van der Waals surface area contributed by atoms with Crippen LogP contribution in [0.1, 0.15) is 15.9 Å². The van der Waals surface area contributed by atoms with Crippen LogP contribution in [-0.4, -0.2) is 18.2 Å². The van der Waals surface area contributed by atoms with Gasteiger partial charge in [0, 0.05) is 0 Å². The number of benzene rings is 2. The summed E-state index contributed by atoms with van der Waals surface area (Å²) in [5, 5.41) is 13.4. The number of methoxy groups -OCH3 is 1. The number of halogens is 1. The predicted molar refractivity (Wildman–Crippen MR) is 78.9 cm³/mol. The molecule has 0 heterocycles. The molecule has 0 unspecified atom stereocenters. The fraction of sp³-hybridized carbons (Fsp3) is 0.133. The molecule has 2 aromatic rings. The topological polar surface area (TPSA) is 58.6 Å². The lowest BCUT2D eigenvalue weighted by Gasteiger charge is -2.12. The van der Waals surface area contributed by atoms with Crippen LogP contribution in [0, 0.1) is 6.92 Å². The highest BCUT2D eigenvalue weighted by molar-refractivity contribution is 6.33. The first-order valence-corrected chi connectivity index (χ1v) is 6.34. The van der Waals surface area contributed by atoms with Gasteiger partial charge in [-0.3, -0.25) is 0 Å². The van der Waals surface area contributed by atoms with E-state index in [1.54, 1.807) is 18.2 Å². The van der Waals surface area contributed by atoms with Crippen molar-refractivity contribution in [1.29, 1.82) is 0 Å². The van der Waals surface area contributed by atoms with Gasteiger partial charge in [-0.1, -0.05) is 23.7 Å². The normalized spacial score (nSPS) is 10.2. The predicted octanol–water partition coefficient (Wildman–Crippen LogP) is 3.88. The van der Waals surface area contributed by atoms with Crippen LogP contribution >= 0.6 is 11.6 Å². The molecule has 0 aliphatic rings. The van der Waals surface area contributed by atoms with E-state index in [9.17, 15) is 9.90 Å². The third-order valence-electron chi connectivity index (χ3n) is 2.90. The van der Waals surface area contributed by atoms with Crippen LogP contribution in [0.5, 0.6) is 5.75 Å². The maximum absolute atomic E-state index is 11.4. The minimum atomic E-state index is -0.447. The molecule has 0 bridgehead atoms. The quantitative estimate of drug-likeness (QED) is 0.665. The van der Waals surface area contributed by atoms with Crippen LogP contribution in [-0.2, 0) is 4.74 Å². The van der Waals surface area contributed by atoms with E-state index < -0.39 is 5.97 Å². The van der Waals surface area contributed by atoms with Gasteiger partial charge in [0.2, 0.25) is 0 Å². The Morgan fingerprint density at radius 3 is 2.65 bits per heavy atom. The highest BCUT2D eigenvalue weighted by Crippen LogP contribution is 2.32. The number of carbonyl (C=O) groups excluding carboxylic acids is 1. The average Bonchev–Trinajstić information content (AvgIpc) is 2.45. The Kier molecular flexibility index (Phi) is 4.15. The molecule has 0 saturated carbocycles. The lowest BCUT2D eigenvalue weighted by atomic mass is 10.1. The van der Waals surface area contributed by atoms with Crippen LogP contribution in [0.4, 0.5) is 11.4 Å². The van der Waals surface area contributed by atoms with Crippen molar-refractivity contribution in [3.63, 3.8) is 0 Å². The van der Waals surface area contributed by atoms with E-state index in [1.807, 2.05) is 19.1 Å². The highest BCUT2D eigenvalue weighted by atomic mass is 35.5. The summed E-state index contributed by atoms with van der Waals surface area (Å²) in [6.45, 7) is 1.81. The van der Waals surface area contributed by atoms with Gasteiger partial charge >= 0.3 is 5.97 Å². The molecular formula is C15H14ClNO3. The average molecular weight is 292 g/mol. The highest BCUT2D eigenvalue weighted by Gasteiger charge is 2.10. The number of phenols is 1. The first-order chi connectivity index (χ1) is 9.52. The largest absolute Gasteiger partial charge is 0.505 e. The Labute approximate surface area is 122 Å². The Morgan fingerprint density at radius 2 is 2.00 bits per heavy atom. The monoisotopic (exact) mass is 291 g/mol. The number of ether oxygens (including phenoxy) is 1. The van der Waals surface area contributed by atoms with Crippen molar-refractivity contribution in [3.05, 3.63) is 52.5 Å². The number of rotatable bonds is 3. The number of carbonyl (C=O) groups is 1. The first-order valence-electron chi connectivity index (χ1n) is 5.96. The second-order valence-corrected chi connectivity index (χ2v) is 4.69. The van der Waals surface area contributed by atoms with E-state index in [-0.39, 0.29) is 5.75 Å². The zero-order chi connectivity index (χ0) is 14.7. The van der Waals surface area contributed by atoms with Crippen molar-refractivity contribution >= 4 is 28.9 Å². The van der Waals surface area contributed by atoms with Crippen molar-refractivity contribution in [3.8, 4) is 5.75 Å². The minimum absolute atomic E-state index is 0.167. The van der Waals surface area contributed by atoms with Crippen molar-refractivity contribution in [2.45, 2.75) is 6.92 Å². The molecule has 0 atom stereocenters. The maximum atomic E-state index is 11.4. The Balaban J connectivity index is 2.30. The van der Waals surface area contributed by atoms with Gasteiger partial charge in [0.25, 0.3) is 0 Å². The van der Waals surface area contributed by atoms with E-state index in [0.29, 0.717) is 22.0 Å². The number of hydrogen-bond acceptors (Lipinski definition) is 4. The second kappa shape index (κ2) is 5.84. The van der Waals surface area contributed by atoms with E-state index in [0.717, 1.165) is 5.56 Å². The summed E-state index contributed by atoms with van der Waals surface area (Å²) in [7, 11) is 1.31. The van der Waals surface area contributed by atoms with E-state index >= 15 is 0 Å². The smallest absolute Gasteiger partial charge is 0.337 e. The summed E-state index contributed by atoms with van der Waals surface area (Å²) in [4.78, 5) is 11.4. The van der Waals surface area contributed by atoms with Gasteiger partial charge in [0.05, 0.1) is 29.1 Å². The van der Waals surface area contributed by atoms with Gasteiger partial charge < -0.3 is 15.2 Å². The molecule has 0 radical (unpaired) electrons. The van der Waals surface area contributed by atoms with Gasteiger partial charge in [-0.25, -0.2) is 4.79 Å². The molecule has 0 saturated heterocycles. The molecule has 5 heteroatoms. The molecular weight excluding hydrogens is 278 g/mol. The third-order valence-corrected chi connectivity index (χ3v) is 3.21. The summed E-state index contributed by atoms with van der Waals surface area (Å²) in [6, 6.07) is 10.2. The third kappa shape index (κ3) is 2.86.